The van der Waals surface area contributed by atoms with E-state index in [-0.39, 0.29) is 23.8 Å². The van der Waals surface area contributed by atoms with Crippen LogP contribution in [-0.2, 0) is 9.59 Å². The number of nitrogens with zero attached hydrogens (tertiary/aromatic N) is 2. The van der Waals surface area contributed by atoms with E-state index in [9.17, 15) is 23.5 Å². The molecule has 3 aliphatic carbocycles. The van der Waals surface area contributed by atoms with Crippen molar-refractivity contribution in [3.63, 3.8) is 0 Å². The van der Waals surface area contributed by atoms with Crippen molar-refractivity contribution >= 4 is 34.5 Å². The van der Waals surface area contributed by atoms with E-state index in [1.807, 2.05) is 4.57 Å². The Morgan fingerprint density at radius 2 is 1.55 bits per heavy atom. The van der Waals surface area contributed by atoms with Crippen LogP contribution in [0, 0.1) is 35.3 Å². The number of rotatable bonds is 6. The fourth-order valence-corrected chi connectivity index (χ4v) is 7.35. The Morgan fingerprint density at radius 1 is 0.947 bits per heavy atom. The maximum Gasteiger partial charge on any atom is 0.306 e. The minimum atomic E-state index is -0.984. The highest BCUT2D eigenvalue weighted by Gasteiger charge is 2.49. The van der Waals surface area contributed by atoms with Crippen LogP contribution in [-0.4, -0.2) is 32.6 Å². The van der Waals surface area contributed by atoms with Crippen molar-refractivity contribution in [2.75, 3.05) is 0 Å². The molecule has 3 aliphatic rings. The lowest BCUT2D eigenvalue weighted by atomic mass is 9.84. The highest BCUT2D eigenvalue weighted by molar-refractivity contribution is 6.30. The summed E-state index contributed by atoms with van der Waals surface area (Å²) in [5.74, 6) is -2.02. The van der Waals surface area contributed by atoms with Crippen LogP contribution in [0.5, 0.6) is 0 Å². The molecular weight excluding hydrogens is 512 g/mol. The third kappa shape index (κ3) is 4.46. The molecule has 6 nitrogen and oxygen atoms in total. The van der Waals surface area contributed by atoms with Gasteiger partial charge in [-0.1, -0.05) is 11.6 Å². The fraction of sp³-hybridized carbons (Fsp3) is 0.483. The van der Waals surface area contributed by atoms with E-state index in [2.05, 4.69) is 5.32 Å². The van der Waals surface area contributed by atoms with Gasteiger partial charge in [0.15, 0.2) is 11.6 Å². The van der Waals surface area contributed by atoms with Crippen molar-refractivity contribution < 1.29 is 23.5 Å². The molecule has 0 saturated heterocycles. The number of imidazole rings is 1. The highest BCUT2D eigenvalue weighted by Crippen LogP contribution is 2.55. The number of fused-ring (bicyclic) bond motifs is 3. The van der Waals surface area contributed by atoms with Gasteiger partial charge in [-0.05, 0) is 93.4 Å². The normalized spacial score (nSPS) is 27.5. The summed E-state index contributed by atoms with van der Waals surface area (Å²) in [6, 6.07) is 8.54. The quantitative estimate of drug-likeness (QED) is 0.380. The molecular formula is C29H30ClF2N3O3. The molecule has 1 unspecified atom stereocenters. The molecule has 0 aliphatic heterocycles. The lowest BCUT2D eigenvalue weighted by Crippen LogP contribution is -2.45. The molecule has 1 heterocycles. The molecule has 3 saturated carbocycles. The lowest BCUT2D eigenvalue weighted by molar-refractivity contribution is -0.142. The number of carboxylic acid groups (broad SMARTS) is 1. The Bertz CT molecular complexity index is 1360. The first-order valence-corrected chi connectivity index (χ1v) is 13.8. The number of aliphatic carboxylic acids is 1. The summed E-state index contributed by atoms with van der Waals surface area (Å²) < 4.78 is 30.7. The molecule has 1 aromatic heterocycles. The molecule has 0 spiro atoms. The molecule has 38 heavy (non-hydrogen) atoms. The van der Waals surface area contributed by atoms with Crippen LogP contribution in [0.4, 0.5) is 8.78 Å². The van der Waals surface area contributed by atoms with Crippen LogP contribution < -0.4 is 5.32 Å². The monoisotopic (exact) mass is 541 g/mol. The zero-order valence-corrected chi connectivity index (χ0v) is 21.6. The van der Waals surface area contributed by atoms with E-state index >= 15 is 0 Å². The molecule has 1 amide bonds. The smallest absolute Gasteiger partial charge is 0.306 e. The van der Waals surface area contributed by atoms with Gasteiger partial charge in [0.2, 0.25) is 5.91 Å². The van der Waals surface area contributed by atoms with E-state index in [0.717, 1.165) is 37.8 Å². The number of hydrogen-bond acceptors (Lipinski definition) is 3. The van der Waals surface area contributed by atoms with Gasteiger partial charge in [-0.2, -0.15) is 0 Å². The zero-order chi connectivity index (χ0) is 26.6. The van der Waals surface area contributed by atoms with Gasteiger partial charge >= 0.3 is 5.97 Å². The number of carbonyl (C=O) groups is 2. The maximum atomic E-state index is 14.6. The van der Waals surface area contributed by atoms with Gasteiger partial charge < -0.3 is 15.0 Å². The summed E-state index contributed by atoms with van der Waals surface area (Å²) in [7, 11) is 0. The molecule has 2 N–H and O–H groups in total. The van der Waals surface area contributed by atoms with Crippen molar-refractivity contribution in [3.8, 4) is 11.4 Å². The average molecular weight is 542 g/mol. The minimum Gasteiger partial charge on any atom is -0.481 e. The number of carboxylic acids is 1. The van der Waals surface area contributed by atoms with Crippen LogP contribution in [0.1, 0.15) is 57.4 Å². The standard InChI is InChI=1S/C29H30ClF2N3O3/c30-19-9-5-17(6-10-19)27-34-23-13-21(31)22(32)14-24(23)35(27)26(25-15-1-2-16(25)4-3-15)28(36)33-20-11-7-18(8-12-20)29(37)38/h5-6,9-10,13-16,18,20,25-26H,1-4,7-8,11-12H2,(H,33,36)(H,37,38)/t15?,16?,18-,20-,25?,26?. The van der Waals surface area contributed by atoms with Gasteiger partial charge in [0.25, 0.3) is 0 Å². The first-order valence-electron chi connectivity index (χ1n) is 13.5. The summed E-state index contributed by atoms with van der Waals surface area (Å²) in [4.78, 5) is 30.3. The maximum absolute atomic E-state index is 14.6. The number of amides is 1. The number of carbonyl (C=O) groups excluding carboxylic acids is 1. The van der Waals surface area contributed by atoms with Gasteiger partial charge in [-0.15, -0.1) is 0 Å². The molecule has 6 rings (SSSR count). The van der Waals surface area contributed by atoms with Crippen LogP contribution in [0.2, 0.25) is 5.02 Å². The van der Waals surface area contributed by atoms with E-state index in [1.165, 1.54) is 0 Å². The Labute approximate surface area is 224 Å². The Kier molecular flexibility index (Phi) is 6.62. The second kappa shape index (κ2) is 9.95. The Morgan fingerprint density at radius 3 is 2.16 bits per heavy atom. The predicted molar refractivity (Wildman–Crippen MR) is 140 cm³/mol. The molecule has 3 aromatic rings. The Balaban J connectivity index is 1.45. The second-order valence-corrected chi connectivity index (χ2v) is 11.6. The first-order chi connectivity index (χ1) is 18.3. The third-order valence-electron chi connectivity index (χ3n) is 9.07. The van der Waals surface area contributed by atoms with E-state index < -0.39 is 23.6 Å². The minimum absolute atomic E-state index is 0.0573. The van der Waals surface area contributed by atoms with Crippen molar-refractivity contribution in [1.82, 2.24) is 14.9 Å². The highest BCUT2D eigenvalue weighted by atomic mass is 35.5. The topological polar surface area (TPSA) is 84.2 Å². The summed E-state index contributed by atoms with van der Waals surface area (Å²) >= 11 is 6.13. The average Bonchev–Trinajstić information content (AvgIpc) is 3.59. The van der Waals surface area contributed by atoms with Gasteiger partial charge in [0.1, 0.15) is 11.9 Å². The summed E-state index contributed by atoms with van der Waals surface area (Å²) in [6.07, 6.45) is 6.44. The van der Waals surface area contributed by atoms with E-state index in [0.29, 0.717) is 65.0 Å². The fourth-order valence-electron chi connectivity index (χ4n) is 7.23. The van der Waals surface area contributed by atoms with Crippen LogP contribution in [0.25, 0.3) is 22.4 Å². The number of halogens is 3. The molecule has 2 bridgehead atoms. The van der Waals surface area contributed by atoms with Gasteiger partial charge in [0, 0.05) is 28.8 Å². The number of hydrogen-bond donors (Lipinski definition) is 2. The summed E-state index contributed by atoms with van der Waals surface area (Å²) in [5, 5.41) is 13.1. The lowest BCUT2D eigenvalue weighted by Gasteiger charge is -2.33. The molecule has 1 atom stereocenters. The predicted octanol–water partition coefficient (Wildman–Crippen LogP) is 6.37. The number of aromatic nitrogens is 2. The van der Waals surface area contributed by atoms with E-state index in [1.54, 1.807) is 24.3 Å². The molecule has 2 aromatic carbocycles. The molecule has 200 valence electrons. The Hall–Kier alpha value is -3.00. The van der Waals surface area contributed by atoms with Crippen LogP contribution >= 0.6 is 11.6 Å². The molecule has 0 radical (unpaired) electrons. The van der Waals surface area contributed by atoms with Crippen LogP contribution in [0.3, 0.4) is 0 Å². The van der Waals surface area contributed by atoms with Crippen molar-refractivity contribution in [2.24, 2.45) is 23.7 Å². The van der Waals surface area contributed by atoms with E-state index in [4.69, 9.17) is 16.6 Å². The molecule has 9 heteroatoms. The van der Waals surface area contributed by atoms with Gasteiger partial charge in [0.05, 0.1) is 17.0 Å². The number of nitrogens with one attached hydrogen (secondary N) is 1. The first kappa shape index (κ1) is 25.3. The SMILES string of the molecule is O=C(N[C@H]1CC[C@H](C(=O)O)CC1)C(C1C2CCC1CC2)n1c(-c2ccc(Cl)cc2)nc2cc(F)c(F)cc21. The summed E-state index contributed by atoms with van der Waals surface area (Å²) in [6.45, 7) is 0. The van der Waals surface area contributed by atoms with Crippen LogP contribution in [0.15, 0.2) is 36.4 Å². The second-order valence-electron chi connectivity index (χ2n) is 11.2. The largest absolute Gasteiger partial charge is 0.481 e. The van der Waals surface area contributed by atoms with Crippen molar-refractivity contribution in [2.45, 2.75) is 63.5 Å². The number of benzene rings is 2. The van der Waals surface area contributed by atoms with Crippen molar-refractivity contribution in [3.05, 3.63) is 53.1 Å². The third-order valence-corrected chi connectivity index (χ3v) is 9.33. The van der Waals surface area contributed by atoms with Gasteiger partial charge in [-0.25, -0.2) is 13.8 Å². The van der Waals surface area contributed by atoms with Gasteiger partial charge in [-0.3, -0.25) is 9.59 Å². The summed E-state index contributed by atoms with van der Waals surface area (Å²) in [5.41, 5.74) is 1.38. The molecule has 3 fully saturated rings. The van der Waals surface area contributed by atoms with Crippen molar-refractivity contribution in [1.29, 1.82) is 0 Å². The zero-order valence-electron chi connectivity index (χ0n) is 20.9.